The molecular formula is C55H36N2. The maximum Gasteiger partial charge on any atom is 0.0713 e. The first kappa shape index (κ1) is 31.9. The average Bonchev–Trinajstić information content (AvgIpc) is 3.93. The summed E-state index contributed by atoms with van der Waals surface area (Å²) in [6.07, 6.45) is 0. The van der Waals surface area contributed by atoms with Crippen LogP contribution in [0.2, 0.25) is 0 Å². The van der Waals surface area contributed by atoms with Crippen molar-refractivity contribution in [2.75, 3.05) is 0 Å². The van der Waals surface area contributed by atoms with Crippen molar-refractivity contribution in [3.8, 4) is 39.1 Å². The van der Waals surface area contributed by atoms with Crippen molar-refractivity contribution < 1.29 is 0 Å². The van der Waals surface area contributed by atoms with Gasteiger partial charge in [-0.25, -0.2) is 0 Å². The highest BCUT2D eigenvalue weighted by atomic mass is 15.0. The van der Waals surface area contributed by atoms with Crippen molar-refractivity contribution in [3.63, 3.8) is 0 Å². The van der Waals surface area contributed by atoms with Gasteiger partial charge in [0.2, 0.25) is 0 Å². The maximum atomic E-state index is 3.70. The summed E-state index contributed by atoms with van der Waals surface area (Å²) in [5.74, 6) is 0. The number of nitrogens with one attached hydrogen (secondary N) is 1. The first-order valence-electron chi connectivity index (χ1n) is 19.8. The summed E-state index contributed by atoms with van der Waals surface area (Å²) in [5, 5.41) is 5.01. The minimum atomic E-state index is -0.429. The van der Waals surface area contributed by atoms with Crippen molar-refractivity contribution in [3.05, 3.63) is 235 Å². The van der Waals surface area contributed by atoms with Crippen LogP contribution in [0.1, 0.15) is 22.3 Å². The molecule has 0 aliphatic heterocycles. The van der Waals surface area contributed by atoms with E-state index in [9.17, 15) is 0 Å². The van der Waals surface area contributed by atoms with Crippen LogP contribution in [0, 0.1) is 0 Å². The maximum absolute atomic E-state index is 3.70. The third-order valence-electron chi connectivity index (χ3n) is 12.4. The summed E-state index contributed by atoms with van der Waals surface area (Å²) >= 11 is 0. The number of hydrogen-bond acceptors (Lipinski definition) is 0. The predicted octanol–water partition coefficient (Wildman–Crippen LogP) is 14.1. The molecule has 0 saturated carbocycles. The number of hydrogen-bond donors (Lipinski definition) is 1. The van der Waals surface area contributed by atoms with Crippen LogP contribution in [-0.2, 0) is 5.41 Å². The fourth-order valence-corrected chi connectivity index (χ4v) is 9.88. The fraction of sp³-hybridized carbons (Fsp3) is 0.0182. The Labute approximate surface area is 330 Å². The Morgan fingerprint density at radius 1 is 0.333 bits per heavy atom. The van der Waals surface area contributed by atoms with Gasteiger partial charge in [-0.3, -0.25) is 0 Å². The van der Waals surface area contributed by atoms with E-state index in [1.54, 1.807) is 0 Å². The number of H-pyrrole nitrogens is 1. The molecule has 0 fully saturated rings. The fourth-order valence-electron chi connectivity index (χ4n) is 9.88. The molecule has 0 bridgehead atoms. The number of nitrogens with zero attached hydrogens (tertiary/aromatic N) is 1. The minimum Gasteiger partial charge on any atom is -0.355 e. The molecule has 0 spiro atoms. The SMILES string of the molecule is c1ccc(C2(c3ccccc3)c3ccccc3-c3ccc(-c4ccc5[nH]c6ccc(-c7ccc(-n8c9ccccc9c9ccccc98)cc7)cc6c5c4)cc32)cc1. The van der Waals surface area contributed by atoms with Crippen LogP contribution < -0.4 is 0 Å². The van der Waals surface area contributed by atoms with Crippen molar-refractivity contribution in [2.45, 2.75) is 5.41 Å². The Hall–Kier alpha value is -7.42. The van der Waals surface area contributed by atoms with E-state index < -0.39 is 5.41 Å². The van der Waals surface area contributed by atoms with Gasteiger partial charge in [0, 0.05) is 38.3 Å². The van der Waals surface area contributed by atoms with Gasteiger partial charge in [-0.15, -0.1) is 0 Å². The van der Waals surface area contributed by atoms with Crippen LogP contribution in [0.5, 0.6) is 0 Å². The van der Waals surface area contributed by atoms with E-state index >= 15 is 0 Å². The van der Waals surface area contributed by atoms with Crippen LogP contribution in [0.25, 0.3) is 82.7 Å². The molecule has 2 heteroatoms. The molecule has 0 unspecified atom stereocenters. The highest BCUT2D eigenvalue weighted by Crippen LogP contribution is 2.56. The molecule has 0 amide bonds. The van der Waals surface area contributed by atoms with E-state index in [0.29, 0.717) is 0 Å². The molecule has 1 aliphatic carbocycles. The number of aromatic amines is 1. The largest absolute Gasteiger partial charge is 0.355 e. The molecule has 0 atom stereocenters. The third-order valence-corrected chi connectivity index (χ3v) is 12.4. The first-order chi connectivity index (χ1) is 28.3. The molecule has 2 nitrogen and oxygen atoms in total. The molecule has 11 aromatic rings. The molecule has 2 aromatic heterocycles. The van der Waals surface area contributed by atoms with E-state index in [2.05, 4.69) is 222 Å². The second kappa shape index (κ2) is 12.3. The molecule has 266 valence electrons. The van der Waals surface area contributed by atoms with Gasteiger partial charge in [0.05, 0.1) is 16.4 Å². The normalized spacial score (nSPS) is 13.1. The first-order valence-corrected chi connectivity index (χ1v) is 19.8. The zero-order valence-corrected chi connectivity index (χ0v) is 31.2. The van der Waals surface area contributed by atoms with Gasteiger partial charge < -0.3 is 9.55 Å². The average molecular weight is 725 g/mol. The third kappa shape index (κ3) is 4.65. The molecule has 1 aliphatic rings. The van der Waals surface area contributed by atoms with Crippen LogP contribution >= 0.6 is 0 Å². The van der Waals surface area contributed by atoms with E-state index in [1.165, 1.54) is 88.2 Å². The van der Waals surface area contributed by atoms with Crippen molar-refractivity contribution in [1.29, 1.82) is 0 Å². The van der Waals surface area contributed by atoms with Crippen LogP contribution in [-0.4, -0.2) is 9.55 Å². The lowest BCUT2D eigenvalue weighted by molar-refractivity contribution is 0.769. The Morgan fingerprint density at radius 2 is 0.807 bits per heavy atom. The number of rotatable bonds is 5. The summed E-state index contributed by atoms with van der Waals surface area (Å²) in [5.41, 5.74) is 18.1. The predicted molar refractivity (Wildman–Crippen MR) is 238 cm³/mol. The topological polar surface area (TPSA) is 20.7 Å². The second-order valence-corrected chi connectivity index (χ2v) is 15.4. The molecule has 1 N–H and O–H groups in total. The van der Waals surface area contributed by atoms with Gasteiger partial charge >= 0.3 is 0 Å². The highest BCUT2D eigenvalue weighted by Gasteiger charge is 2.46. The smallest absolute Gasteiger partial charge is 0.0713 e. The molecule has 57 heavy (non-hydrogen) atoms. The Balaban J connectivity index is 0.971. The summed E-state index contributed by atoms with van der Waals surface area (Å²) < 4.78 is 2.38. The van der Waals surface area contributed by atoms with Crippen molar-refractivity contribution in [1.82, 2.24) is 9.55 Å². The summed E-state index contributed by atoms with van der Waals surface area (Å²) in [6.45, 7) is 0. The van der Waals surface area contributed by atoms with Gasteiger partial charge in [-0.05, 0) is 110 Å². The second-order valence-electron chi connectivity index (χ2n) is 15.4. The number of aromatic nitrogens is 2. The summed E-state index contributed by atoms with van der Waals surface area (Å²) in [7, 11) is 0. The standard InChI is InChI=1S/C55H36N2/c1-3-13-40(14-4-1)55(41-15-5-2-6-16-41)49-20-10-7-17-43(49)44-30-25-39(35-50(44)55)38-27-32-52-48(34-38)47-33-37(26-31-51(47)56-52)36-23-28-42(29-24-36)57-53-21-11-8-18-45(53)46-19-9-12-22-54(46)57/h1-35,56H. The number of fused-ring (bicyclic) bond motifs is 9. The quantitative estimate of drug-likeness (QED) is 0.182. The Morgan fingerprint density at radius 3 is 1.44 bits per heavy atom. The lowest BCUT2D eigenvalue weighted by Crippen LogP contribution is -2.28. The zero-order valence-electron chi connectivity index (χ0n) is 31.2. The lowest BCUT2D eigenvalue weighted by atomic mass is 9.67. The Kier molecular flexibility index (Phi) is 6.88. The molecular weight excluding hydrogens is 689 g/mol. The van der Waals surface area contributed by atoms with Crippen molar-refractivity contribution >= 4 is 43.6 Å². The monoisotopic (exact) mass is 724 g/mol. The van der Waals surface area contributed by atoms with Crippen LogP contribution in [0.3, 0.4) is 0 Å². The van der Waals surface area contributed by atoms with Crippen molar-refractivity contribution in [2.24, 2.45) is 0 Å². The van der Waals surface area contributed by atoms with E-state index in [4.69, 9.17) is 0 Å². The summed E-state index contributed by atoms with van der Waals surface area (Å²) in [6, 6.07) is 78.2. The molecule has 0 radical (unpaired) electrons. The van der Waals surface area contributed by atoms with Gasteiger partial charge in [0.15, 0.2) is 0 Å². The minimum absolute atomic E-state index is 0.429. The van der Waals surface area contributed by atoms with Gasteiger partial charge in [-0.1, -0.05) is 158 Å². The highest BCUT2D eigenvalue weighted by molar-refractivity contribution is 6.11. The molecule has 0 saturated heterocycles. The Bertz CT molecular complexity index is 3240. The van der Waals surface area contributed by atoms with Crippen LogP contribution in [0.4, 0.5) is 0 Å². The number of benzene rings is 9. The van der Waals surface area contributed by atoms with E-state index in [-0.39, 0.29) is 0 Å². The van der Waals surface area contributed by atoms with Gasteiger partial charge in [-0.2, -0.15) is 0 Å². The molecule has 9 aromatic carbocycles. The number of para-hydroxylation sites is 2. The van der Waals surface area contributed by atoms with Crippen LogP contribution in [0.15, 0.2) is 212 Å². The summed E-state index contributed by atoms with van der Waals surface area (Å²) in [4.78, 5) is 3.70. The lowest BCUT2D eigenvalue weighted by Gasteiger charge is -2.34. The van der Waals surface area contributed by atoms with Gasteiger partial charge in [0.25, 0.3) is 0 Å². The van der Waals surface area contributed by atoms with Gasteiger partial charge in [0.1, 0.15) is 0 Å². The molecule has 2 heterocycles. The molecule has 12 rings (SSSR count). The van der Waals surface area contributed by atoms with E-state index in [0.717, 1.165) is 16.7 Å². The van der Waals surface area contributed by atoms with E-state index in [1.807, 2.05) is 0 Å². The zero-order chi connectivity index (χ0) is 37.5.